The van der Waals surface area contributed by atoms with E-state index >= 15 is 0 Å². The number of halogens is 1. The van der Waals surface area contributed by atoms with Gasteiger partial charge in [-0.25, -0.2) is 19.0 Å². The molecule has 2 amide bonds. The summed E-state index contributed by atoms with van der Waals surface area (Å²) in [4.78, 5) is 30.1. The van der Waals surface area contributed by atoms with Gasteiger partial charge in [0.1, 0.15) is 17.4 Å². The molecule has 0 saturated carbocycles. The van der Waals surface area contributed by atoms with Crippen LogP contribution in [0.2, 0.25) is 0 Å². The summed E-state index contributed by atoms with van der Waals surface area (Å²) >= 11 is 0. The second kappa shape index (κ2) is 8.83. The van der Waals surface area contributed by atoms with Gasteiger partial charge in [0.2, 0.25) is 0 Å². The largest absolute Gasteiger partial charge is 0.464 e. The number of carbonyl (C=O) groups is 2. The summed E-state index contributed by atoms with van der Waals surface area (Å²) in [5, 5.41) is 5.54. The summed E-state index contributed by atoms with van der Waals surface area (Å²) in [5.41, 5.74) is 0.495. The molecule has 2 aromatic rings. The SMILES string of the molecule is CCOC(=O)[C@@H](C)NC(=O)Nc1cc(F)c2nc(N3CCOCC3)ccc2c1. The van der Waals surface area contributed by atoms with Crippen LogP contribution in [0.1, 0.15) is 13.8 Å². The van der Waals surface area contributed by atoms with E-state index in [4.69, 9.17) is 9.47 Å². The van der Waals surface area contributed by atoms with Gasteiger partial charge in [-0.3, -0.25) is 0 Å². The van der Waals surface area contributed by atoms with E-state index in [9.17, 15) is 14.0 Å². The van der Waals surface area contributed by atoms with Crippen molar-refractivity contribution in [2.75, 3.05) is 43.1 Å². The van der Waals surface area contributed by atoms with Crippen molar-refractivity contribution < 1.29 is 23.5 Å². The maximum Gasteiger partial charge on any atom is 0.328 e. The molecule has 2 N–H and O–H groups in total. The highest BCUT2D eigenvalue weighted by Gasteiger charge is 2.18. The Morgan fingerprint density at radius 1 is 1.32 bits per heavy atom. The predicted octanol–water partition coefficient (Wildman–Crippen LogP) is 2.28. The number of hydrogen-bond acceptors (Lipinski definition) is 6. The summed E-state index contributed by atoms with van der Waals surface area (Å²) < 4.78 is 24.7. The van der Waals surface area contributed by atoms with E-state index in [0.29, 0.717) is 37.5 Å². The van der Waals surface area contributed by atoms with Crippen molar-refractivity contribution in [1.82, 2.24) is 10.3 Å². The number of aromatic nitrogens is 1. The van der Waals surface area contributed by atoms with E-state index < -0.39 is 23.9 Å². The van der Waals surface area contributed by atoms with Crippen LogP contribution in [0.15, 0.2) is 24.3 Å². The Kier molecular flexibility index (Phi) is 6.25. The van der Waals surface area contributed by atoms with Crippen LogP contribution in [0, 0.1) is 5.82 Å². The third-order valence-corrected chi connectivity index (χ3v) is 4.31. The van der Waals surface area contributed by atoms with Crippen molar-refractivity contribution in [3.8, 4) is 0 Å². The lowest BCUT2D eigenvalue weighted by atomic mass is 10.2. The minimum atomic E-state index is -0.817. The molecule has 0 radical (unpaired) electrons. The number of ether oxygens (including phenoxy) is 2. The minimum absolute atomic E-state index is 0.224. The molecule has 9 heteroatoms. The standard InChI is InChI=1S/C19H23FN4O4/c1-3-28-18(25)12(2)21-19(26)22-14-10-13-4-5-16(23-17(13)15(20)11-14)24-6-8-27-9-7-24/h4-5,10-12H,3,6-9H2,1-2H3,(H2,21,22,26)/t12-/m1/s1. The Balaban J connectivity index is 1.72. The smallest absolute Gasteiger partial charge is 0.328 e. The molecule has 0 spiro atoms. The zero-order valence-corrected chi connectivity index (χ0v) is 15.8. The number of hydrogen-bond donors (Lipinski definition) is 2. The number of nitrogens with one attached hydrogen (secondary N) is 2. The van der Waals surface area contributed by atoms with Gasteiger partial charge in [-0.15, -0.1) is 0 Å². The molecule has 1 aliphatic rings. The van der Waals surface area contributed by atoms with E-state index in [0.717, 1.165) is 0 Å². The molecule has 0 bridgehead atoms. The number of urea groups is 1. The van der Waals surface area contributed by atoms with Crippen molar-refractivity contribution in [3.05, 3.63) is 30.1 Å². The van der Waals surface area contributed by atoms with Crippen molar-refractivity contribution in [3.63, 3.8) is 0 Å². The van der Waals surface area contributed by atoms with E-state index in [1.165, 1.54) is 13.0 Å². The monoisotopic (exact) mass is 390 g/mol. The molecule has 0 unspecified atom stereocenters. The Bertz CT molecular complexity index is 870. The lowest BCUT2D eigenvalue weighted by molar-refractivity contribution is -0.144. The van der Waals surface area contributed by atoms with Crippen LogP contribution in [0.5, 0.6) is 0 Å². The fourth-order valence-corrected chi connectivity index (χ4v) is 2.91. The molecule has 1 saturated heterocycles. The third-order valence-electron chi connectivity index (χ3n) is 4.31. The van der Waals surface area contributed by atoms with Gasteiger partial charge in [0.25, 0.3) is 0 Å². The average molecular weight is 390 g/mol. The second-order valence-corrected chi connectivity index (χ2v) is 6.37. The Hall–Kier alpha value is -2.94. The van der Waals surface area contributed by atoms with Gasteiger partial charge in [-0.1, -0.05) is 0 Å². The number of nitrogens with zero attached hydrogens (tertiary/aromatic N) is 2. The molecule has 1 atom stereocenters. The van der Waals surface area contributed by atoms with Gasteiger partial charge in [0.05, 0.1) is 19.8 Å². The highest BCUT2D eigenvalue weighted by atomic mass is 19.1. The number of amides is 2. The number of carbonyl (C=O) groups excluding carboxylic acids is 2. The molecule has 3 rings (SSSR count). The van der Waals surface area contributed by atoms with Gasteiger partial charge in [-0.2, -0.15) is 0 Å². The van der Waals surface area contributed by atoms with Crippen molar-refractivity contribution in [2.24, 2.45) is 0 Å². The lowest BCUT2D eigenvalue weighted by Crippen LogP contribution is -2.41. The summed E-state index contributed by atoms with van der Waals surface area (Å²) in [6.07, 6.45) is 0. The summed E-state index contributed by atoms with van der Waals surface area (Å²) in [5.74, 6) is -0.389. The average Bonchev–Trinajstić information content (AvgIpc) is 2.68. The molecule has 1 aliphatic heterocycles. The number of morpholine rings is 1. The minimum Gasteiger partial charge on any atom is -0.464 e. The Labute approximate surface area is 162 Å². The third kappa shape index (κ3) is 4.66. The maximum absolute atomic E-state index is 14.6. The Morgan fingerprint density at radius 2 is 2.07 bits per heavy atom. The molecule has 1 aromatic carbocycles. The number of fused-ring (bicyclic) bond motifs is 1. The number of pyridine rings is 1. The number of benzene rings is 1. The molecule has 1 aromatic heterocycles. The van der Waals surface area contributed by atoms with Crippen molar-refractivity contribution in [1.29, 1.82) is 0 Å². The van der Waals surface area contributed by atoms with Crippen molar-refractivity contribution in [2.45, 2.75) is 19.9 Å². The summed E-state index contributed by atoms with van der Waals surface area (Å²) in [7, 11) is 0. The van der Waals surface area contributed by atoms with Crippen LogP contribution >= 0.6 is 0 Å². The van der Waals surface area contributed by atoms with Crippen LogP contribution < -0.4 is 15.5 Å². The van der Waals surface area contributed by atoms with E-state index in [-0.39, 0.29) is 17.8 Å². The predicted molar refractivity (Wildman–Crippen MR) is 103 cm³/mol. The van der Waals surface area contributed by atoms with E-state index in [1.54, 1.807) is 19.1 Å². The van der Waals surface area contributed by atoms with Crippen LogP contribution in [0.4, 0.5) is 20.7 Å². The highest BCUT2D eigenvalue weighted by Crippen LogP contribution is 2.25. The van der Waals surface area contributed by atoms with Crippen LogP contribution in [-0.4, -0.2) is 55.9 Å². The topological polar surface area (TPSA) is 92.8 Å². The van der Waals surface area contributed by atoms with Gasteiger partial charge >= 0.3 is 12.0 Å². The number of rotatable bonds is 5. The van der Waals surface area contributed by atoms with Gasteiger partial charge < -0.3 is 25.0 Å². The fourth-order valence-electron chi connectivity index (χ4n) is 2.91. The summed E-state index contributed by atoms with van der Waals surface area (Å²) in [6, 6.07) is 4.97. The van der Waals surface area contributed by atoms with E-state index in [1.807, 2.05) is 11.0 Å². The summed E-state index contributed by atoms with van der Waals surface area (Å²) in [6.45, 7) is 6.06. The van der Waals surface area contributed by atoms with Gasteiger partial charge in [0.15, 0.2) is 5.82 Å². The van der Waals surface area contributed by atoms with Crippen molar-refractivity contribution >= 4 is 34.4 Å². The molecular formula is C19H23FN4O4. The molecule has 1 fully saturated rings. The molecule has 8 nitrogen and oxygen atoms in total. The lowest BCUT2D eigenvalue weighted by Gasteiger charge is -2.28. The van der Waals surface area contributed by atoms with Gasteiger partial charge in [0, 0.05) is 24.2 Å². The molecule has 0 aliphatic carbocycles. The van der Waals surface area contributed by atoms with Gasteiger partial charge in [-0.05, 0) is 38.1 Å². The highest BCUT2D eigenvalue weighted by molar-refractivity contribution is 5.95. The molecular weight excluding hydrogens is 367 g/mol. The molecule has 2 heterocycles. The first-order valence-electron chi connectivity index (χ1n) is 9.15. The van der Waals surface area contributed by atoms with Crippen LogP contribution in [0.25, 0.3) is 10.9 Å². The Morgan fingerprint density at radius 3 is 2.79 bits per heavy atom. The molecule has 150 valence electrons. The number of anilines is 2. The quantitative estimate of drug-likeness (QED) is 0.761. The zero-order valence-electron chi connectivity index (χ0n) is 15.8. The van der Waals surface area contributed by atoms with Crippen LogP contribution in [-0.2, 0) is 14.3 Å². The second-order valence-electron chi connectivity index (χ2n) is 6.37. The first-order valence-corrected chi connectivity index (χ1v) is 9.15. The van der Waals surface area contributed by atoms with Crippen LogP contribution in [0.3, 0.4) is 0 Å². The first kappa shape index (κ1) is 19.8. The first-order chi connectivity index (χ1) is 13.5. The molecule has 28 heavy (non-hydrogen) atoms. The number of esters is 1. The fraction of sp³-hybridized carbons (Fsp3) is 0.421. The normalized spacial score (nSPS) is 15.2. The van der Waals surface area contributed by atoms with E-state index in [2.05, 4.69) is 15.6 Å². The zero-order chi connectivity index (χ0) is 20.1. The maximum atomic E-state index is 14.6.